The normalized spacial score (nSPS) is 11.4. The Labute approximate surface area is 263 Å². The van der Waals surface area contributed by atoms with Crippen molar-refractivity contribution >= 4 is 22.7 Å². The summed E-state index contributed by atoms with van der Waals surface area (Å²) in [5, 5.41) is 28.8. The van der Waals surface area contributed by atoms with E-state index in [0.29, 0.717) is 22.7 Å². The van der Waals surface area contributed by atoms with Crippen LogP contribution in [0.2, 0.25) is 0 Å². The SMILES string of the molecule is CC(C)Cc1cccc2nc(-c3[c-]c(C(=O)O)cc(COO)c3)ccc12.CCC(CC)C(=O)/C=C(\O)C(CC)CC.[Ir]. The van der Waals surface area contributed by atoms with Gasteiger partial charge in [-0.15, -0.1) is 18.2 Å². The topological polar surface area (TPSA) is 117 Å². The van der Waals surface area contributed by atoms with Gasteiger partial charge in [-0.2, -0.15) is 0 Å². The number of carbonyl (C=O) groups is 2. The van der Waals surface area contributed by atoms with E-state index in [2.05, 4.69) is 35.9 Å². The zero-order chi connectivity index (χ0) is 30.5. The second kappa shape index (κ2) is 18.6. The van der Waals surface area contributed by atoms with E-state index in [9.17, 15) is 19.8 Å². The van der Waals surface area contributed by atoms with Crippen LogP contribution in [-0.4, -0.2) is 32.2 Å². The van der Waals surface area contributed by atoms with Crippen LogP contribution in [0.4, 0.5) is 0 Å². The number of carboxylic acid groups (broad SMARTS) is 1. The van der Waals surface area contributed by atoms with Gasteiger partial charge in [0.2, 0.25) is 0 Å². The molecule has 1 aromatic heterocycles. The summed E-state index contributed by atoms with van der Waals surface area (Å²) >= 11 is 0. The fraction of sp³-hybridized carbons (Fsp3) is 0.441. The van der Waals surface area contributed by atoms with Gasteiger partial charge < -0.3 is 10.2 Å². The first kappa shape index (κ1) is 37.1. The summed E-state index contributed by atoms with van der Waals surface area (Å²) in [6.07, 6.45) is 5.88. The van der Waals surface area contributed by atoms with Crippen LogP contribution < -0.4 is 0 Å². The number of aliphatic hydroxyl groups is 1. The molecule has 0 unspecified atom stereocenters. The average Bonchev–Trinajstić information content (AvgIpc) is 2.94. The number of carboxylic acids is 1. The van der Waals surface area contributed by atoms with Gasteiger partial charge in [0.25, 0.3) is 5.97 Å². The van der Waals surface area contributed by atoms with Gasteiger partial charge in [0.05, 0.1) is 17.9 Å². The number of pyridine rings is 1. The Morgan fingerprint density at radius 3 is 2.14 bits per heavy atom. The molecule has 0 spiro atoms. The number of hydrogen-bond acceptors (Lipinski definition) is 6. The Morgan fingerprint density at radius 1 is 0.952 bits per heavy atom. The number of carbonyl (C=O) groups excluding carboxylic acids is 1. The van der Waals surface area contributed by atoms with Crippen LogP contribution in [0, 0.1) is 23.8 Å². The molecule has 1 radical (unpaired) electrons. The van der Waals surface area contributed by atoms with Gasteiger partial charge in [0.1, 0.15) is 0 Å². The largest absolute Gasteiger partial charge is 0.513 e. The molecule has 231 valence electrons. The van der Waals surface area contributed by atoms with Crippen molar-refractivity contribution in [2.75, 3.05) is 0 Å². The van der Waals surface area contributed by atoms with E-state index in [1.165, 1.54) is 17.7 Å². The van der Waals surface area contributed by atoms with Crippen LogP contribution in [0.5, 0.6) is 0 Å². The van der Waals surface area contributed by atoms with E-state index in [4.69, 9.17) is 5.26 Å². The molecule has 0 aliphatic carbocycles. The molecule has 42 heavy (non-hydrogen) atoms. The average molecular weight is 755 g/mol. The molecule has 0 fully saturated rings. The molecule has 0 bridgehead atoms. The second-order valence-electron chi connectivity index (χ2n) is 10.7. The number of aromatic nitrogens is 1. The quantitative estimate of drug-likeness (QED) is 0.0527. The summed E-state index contributed by atoms with van der Waals surface area (Å²) in [4.78, 5) is 31.9. The third-order valence-corrected chi connectivity index (χ3v) is 7.20. The van der Waals surface area contributed by atoms with Crippen molar-refractivity contribution in [3.63, 3.8) is 0 Å². The van der Waals surface area contributed by atoms with E-state index < -0.39 is 5.97 Å². The summed E-state index contributed by atoms with van der Waals surface area (Å²) in [7, 11) is 0. The van der Waals surface area contributed by atoms with E-state index in [-0.39, 0.29) is 55.7 Å². The first-order valence-corrected chi connectivity index (χ1v) is 14.5. The maximum atomic E-state index is 11.7. The predicted octanol–water partition coefficient (Wildman–Crippen LogP) is 8.46. The predicted molar refractivity (Wildman–Crippen MR) is 163 cm³/mol. The summed E-state index contributed by atoms with van der Waals surface area (Å²) < 4.78 is 0. The molecule has 0 aliphatic rings. The number of allylic oxidation sites excluding steroid dienone is 2. The van der Waals surface area contributed by atoms with Crippen molar-refractivity contribution < 1.29 is 50.1 Å². The number of ketones is 1. The number of nitrogens with zero attached hydrogens (tertiary/aromatic N) is 1. The number of benzene rings is 2. The third kappa shape index (κ3) is 10.7. The minimum Gasteiger partial charge on any atom is -0.513 e. The van der Waals surface area contributed by atoms with E-state index in [0.717, 1.165) is 43.0 Å². The van der Waals surface area contributed by atoms with Crippen LogP contribution in [0.1, 0.15) is 88.7 Å². The van der Waals surface area contributed by atoms with Gasteiger partial charge in [-0.05, 0) is 55.2 Å². The van der Waals surface area contributed by atoms with Crippen molar-refractivity contribution in [1.82, 2.24) is 4.98 Å². The van der Waals surface area contributed by atoms with Crippen LogP contribution in [0.25, 0.3) is 22.2 Å². The number of fused-ring (bicyclic) bond motifs is 1. The molecule has 0 aliphatic heterocycles. The van der Waals surface area contributed by atoms with Gasteiger partial charge in [0.15, 0.2) is 5.78 Å². The van der Waals surface area contributed by atoms with Crippen molar-refractivity contribution in [1.29, 1.82) is 0 Å². The van der Waals surface area contributed by atoms with Gasteiger partial charge in [-0.1, -0.05) is 76.9 Å². The molecule has 0 amide bonds. The Bertz CT molecular complexity index is 1330. The molecule has 3 aromatic rings. The molecule has 7 nitrogen and oxygen atoms in total. The zero-order valence-corrected chi connectivity index (χ0v) is 27.8. The summed E-state index contributed by atoms with van der Waals surface area (Å²) in [6, 6.07) is 15.9. The van der Waals surface area contributed by atoms with Crippen LogP contribution >= 0.6 is 0 Å². The molecular formula is C34H44IrNO6-. The Hall–Kier alpha value is -2.90. The maximum Gasteiger partial charge on any atom is 0.265 e. The minimum absolute atomic E-state index is 0. The zero-order valence-electron chi connectivity index (χ0n) is 25.4. The first-order valence-electron chi connectivity index (χ1n) is 14.5. The Kier molecular flexibility index (Phi) is 16.4. The van der Waals surface area contributed by atoms with E-state index in [1.54, 1.807) is 6.07 Å². The van der Waals surface area contributed by atoms with Gasteiger partial charge in [0, 0.05) is 49.1 Å². The molecule has 3 rings (SSSR count). The summed E-state index contributed by atoms with van der Waals surface area (Å²) in [5.74, 6) is -0.000860. The Morgan fingerprint density at radius 2 is 1.60 bits per heavy atom. The fourth-order valence-electron chi connectivity index (χ4n) is 4.81. The van der Waals surface area contributed by atoms with Crippen molar-refractivity contribution in [3.05, 3.63) is 77.1 Å². The summed E-state index contributed by atoms with van der Waals surface area (Å²) in [5.41, 5.74) is 3.82. The summed E-state index contributed by atoms with van der Waals surface area (Å²) in [6.45, 7) is 12.3. The fourth-order valence-corrected chi connectivity index (χ4v) is 4.81. The van der Waals surface area contributed by atoms with Crippen LogP contribution in [0.3, 0.4) is 0 Å². The van der Waals surface area contributed by atoms with Crippen molar-refractivity contribution in [2.24, 2.45) is 17.8 Å². The molecule has 0 saturated heterocycles. The molecule has 3 N–H and O–H groups in total. The number of aliphatic hydroxyl groups excluding tert-OH is 1. The molecular weight excluding hydrogens is 711 g/mol. The van der Waals surface area contributed by atoms with Gasteiger partial charge in [-0.3, -0.25) is 19.8 Å². The first-order chi connectivity index (χ1) is 19.6. The minimum atomic E-state index is -1.09. The molecule has 8 heteroatoms. The molecule has 0 atom stereocenters. The second-order valence-corrected chi connectivity index (χ2v) is 10.7. The van der Waals surface area contributed by atoms with Crippen molar-refractivity contribution in [3.8, 4) is 11.3 Å². The van der Waals surface area contributed by atoms with Crippen LogP contribution in [-0.2, 0) is 42.8 Å². The number of aromatic carboxylic acids is 1. The third-order valence-electron chi connectivity index (χ3n) is 7.20. The monoisotopic (exact) mass is 755 g/mol. The van der Waals surface area contributed by atoms with E-state index >= 15 is 0 Å². The molecule has 2 aromatic carbocycles. The standard InChI is InChI=1S/C21H20NO4.C13H24O2.Ir/c1-13(2)8-15-4-3-5-20-18(15)6-7-19(22-20)16-9-14(12-26-25)10-17(11-16)21(23)24;1-5-10(6-2)12(14)9-13(15)11(7-3)8-4;/h3-7,9-10,13,25H,8,12H2,1-2H3,(H,23,24);9-11,14H,5-8H2,1-4H3;/q-1;;/b;12-9-;. The molecule has 1 heterocycles. The number of rotatable bonds is 13. The number of hydrogen-bond donors (Lipinski definition) is 3. The van der Waals surface area contributed by atoms with Gasteiger partial charge in [-0.25, -0.2) is 4.89 Å². The van der Waals surface area contributed by atoms with Gasteiger partial charge >= 0.3 is 0 Å². The smallest absolute Gasteiger partial charge is 0.265 e. The Balaban J connectivity index is 0.000000476. The maximum absolute atomic E-state index is 11.7. The van der Waals surface area contributed by atoms with Crippen LogP contribution in [0.15, 0.2) is 54.3 Å². The van der Waals surface area contributed by atoms with Crippen molar-refractivity contribution in [2.45, 2.75) is 80.3 Å². The van der Waals surface area contributed by atoms with E-state index in [1.807, 2.05) is 52.0 Å². The molecule has 0 saturated carbocycles.